The number of urea groups is 1. The fraction of sp³-hybridized carbons (Fsp3) is 0.467. The number of hydrogen-bond donors (Lipinski definition) is 3. The molecule has 1 saturated carbocycles. The predicted molar refractivity (Wildman–Crippen MR) is 86.3 cm³/mol. The van der Waals surface area contributed by atoms with Gasteiger partial charge in [-0.25, -0.2) is 4.79 Å². The van der Waals surface area contributed by atoms with Crippen molar-refractivity contribution in [2.75, 3.05) is 11.9 Å². The standard InChI is InChI=1S/C15H20BrN3O2/c1-10-6-7-13(12(16)8-10)17-9-14(20)19-15(21)18-11-4-2-3-5-11/h6-8,11,17H,2-5,9H2,1H3,(H2,18,19,20,21). The lowest BCUT2D eigenvalue weighted by atomic mass is 10.2. The largest absolute Gasteiger partial charge is 0.375 e. The number of rotatable bonds is 4. The van der Waals surface area contributed by atoms with E-state index in [9.17, 15) is 9.59 Å². The van der Waals surface area contributed by atoms with E-state index in [4.69, 9.17) is 0 Å². The van der Waals surface area contributed by atoms with Crippen LogP contribution in [0.25, 0.3) is 0 Å². The van der Waals surface area contributed by atoms with E-state index < -0.39 is 6.03 Å². The first-order chi connectivity index (χ1) is 10.0. The lowest BCUT2D eigenvalue weighted by Gasteiger charge is -2.13. The van der Waals surface area contributed by atoms with E-state index in [2.05, 4.69) is 31.9 Å². The molecule has 1 aromatic rings. The van der Waals surface area contributed by atoms with Gasteiger partial charge in [0, 0.05) is 16.2 Å². The molecule has 114 valence electrons. The van der Waals surface area contributed by atoms with Crippen LogP contribution < -0.4 is 16.0 Å². The highest BCUT2D eigenvalue weighted by atomic mass is 79.9. The Morgan fingerprint density at radius 2 is 2.00 bits per heavy atom. The van der Waals surface area contributed by atoms with Crippen LogP contribution in [-0.2, 0) is 4.79 Å². The van der Waals surface area contributed by atoms with Gasteiger partial charge >= 0.3 is 6.03 Å². The monoisotopic (exact) mass is 353 g/mol. The molecular formula is C15H20BrN3O2. The number of anilines is 1. The summed E-state index contributed by atoms with van der Waals surface area (Å²) in [5.74, 6) is -0.349. The van der Waals surface area contributed by atoms with E-state index in [1.54, 1.807) is 0 Å². The van der Waals surface area contributed by atoms with Crippen LogP contribution in [0.15, 0.2) is 22.7 Å². The second-order valence-electron chi connectivity index (χ2n) is 5.34. The molecule has 3 amide bonds. The molecule has 0 spiro atoms. The zero-order chi connectivity index (χ0) is 15.2. The molecule has 0 radical (unpaired) electrons. The first-order valence-corrected chi connectivity index (χ1v) is 7.94. The molecule has 0 atom stereocenters. The number of amides is 3. The smallest absolute Gasteiger partial charge is 0.321 e. The van der Waals surface area contributed by atoms with Crippen LogP contribution >= 0.6 is 15.9 Å². The quantitative estimate of drug-likeness (QED) is 0.779. The number of aryl methyl sites for hydroxylation is 1. The van der Waals surface area contributed by atoms with E-state index in [-0.39, 0.29) is 18.5 Å². The van der Waals surface area contributed by atoms with Crippen LogP contribution in [0.1, 0.15) is 31.2 Å². The normalized spacial score (nSPS) is 14.8. The highest BCUT2D eigenvalue weighted by Gasteiger charge is 2.18. The van der Waals surface area contributed by atoms with Gasteiger partial charge in [-0.15, -0.1) is 0 Å². The van der Waals surface area contributed by atoms with Crippen molar-refractivity contribution >= 4 is 33.6 Å². The van der Waals surface area contributed by atoms with Gasteiger partial charge in [0.05, 0.1) is 6.54 Å². The summed E-state index contributed by atoms with van der Waals surface area (Å²) in [5, 5.41) is 8.16. The molecule has 6 heteroatoms. The van der Waals surface area contributed by atoms with Crippen LogP contribution in [0, 0.1) is 6.92 Å². The minimum atomic E-state index is -0.406. The zero-order valence-corrected chi connectivity index (χ0v) is 13.6. The number of benzene rings is 1. The third-order valence-electron chi connectivity index (χ3n) is 3.51. The second-order valence-corrected chi connectivity index (χ2v) is 6.19. The van der Waals surface area contributed by atoms with Crippen LogP contribution in [0.2, 0.25) is 0 Å². The molecule has 0 unspecified atom stereocenters. The molecule has 0 bridgehead atoms. The Morgan fingerprint density at radius 1 is 1.29 bits per heavy atom. The van der Waals surface area contributed by atoms with Crippen LogP contribution in [0.3, 0.4) is 0 Å². The van der Waals surface area contributed by atoms with Gasteiger partial charge in [0.1, 0.15) is 0 Å². The average Bonchev–Trinajstić information content (AvgIpc) is 2.90. The van der Waals surface area contributed by atoms with E-state index in [1.165, 1.54) is 0 Å². The number of carbonyl (C=O) groups excluding carboxylic acids is 2. The summed E-state index contributed by atoms with van der Waals surface area (Å²) in [6, 6.07) is 5.62. The second kappa shape index (κ2) is 7.45. The SMILES string of the molecule is Cc1ccc(NCC(=O)NC(=O)NC2CCCC2)c(Br)c1. The molecule has 2 rings (SSSR count). The summed E-state index contributed by atoms with van der Waals surface area (Å²) in [6.07, 6.45) is 4.27. The lowest BCUT2D eigenvalue weighted by Crippen LogP contribution is -2.45. The number of halogens is 1. The first kappa shape index (κ1) is 15.8. The lowest BCUT2D eigenvalue weighted by molar-refractivity contribution is -0.118. The highest BCUT2D eigenvalue weighted by Crippen LogP contribution is 2.22. The molecular weight excluding hydrogens is 334 g/mol. The van der Waals surface area contributed by atoms with Gasteiger partial charge in [0.25, 0.3) is 0 Å². The minimum Gasteiger partial charge on any atom is -0.375 e. The Labute approximate surface area is 133 Å². The van der Waals surface area contributed by atoms with Crippen LogP contribution in [-0.4, -0.2) is 24.5 Å². The van der Waals surface area contributed by atoms with Gasteiger partial charge in [-0.3, -0.25) is 10.1 Å². The van der Waals surface area contributed by atoms with Gasteiger partial charge in [-0.05, 0) is 53.4 Å². The minimum absolute atomic E-state index is 0.0553. The maximum Gasteiger partial charge on any atom is 0.321 e. The Kier molecular flexibility index (Phi) is 5.61. The van der Waals surface area contributed by atoms with Gasteiger partial charge in [-0.1, -0.05) is 18.9 Å². The summed E-state index contributed by atoms with van der Waals surface area (Å²) < 4.78 is 0.894. The summed E-state index contributed by atoms with van der Waals surface area (Å²) >= 11 is 3.43. The molecule has 0 heterocycles. The maximum atomic E-state index is 11.7. The Bertz CT molecular complexity index is 528. The molecule has 1 aliphatic rings. The molecule has 21 heavy (non-hydrogen) atoms. The zero-order valence-electron chi connectivity index (χ0n) is 12.0. The predicted octanol–water partition coefficient (Wildman–Crippen LogP) is 2.94. The summed E-state index contributed by atoms with van der Waals surface area (Å²) in [5.41, 5.74) is 1.96. The van der Waals surface area contributed by atoms with Crippen molar-refractivity contribution in [3.8, 4) is 0 Å². The van der Waals surface area contributed by atoms with Crippen LogP contribution in [0.5, 0.6) is 0 Å². The highest BCUT2D eigenvalue weighted by molar-refractivity contribution is 9.10. The Morgan fingerprint density at radius 3 is 2.67 bits per heavy atom. The molecule has 0 saturated heterocycles. The van der Waals surface area contributed by atoms with Gasteiger partial charge in [0.15, 0.2) is 0 Å². The third kappa shape index (κ3) is 5.04. The number of nitrogens with one attached hydrogen (secondary N) is 3. The van der Waals surface area contributed by atoms with Crippen molar-refractivity contribution < 1.29 is 9.59 Å². The number of imide groups is 1. The molecule has 5 nitrogen and oxygen atoms in total. The topological polar surface area (TPSA) is 70.2 Å². The Balaban J connectivity index is 1.75. The van der Waals surface area contributed by atoms with Crippen molar-refractivity contribution in [1.29, 1.82) is 0 Å². The molecule has 1 aromatic carbocycles. The summed E-state index contributed by atoms with van der Waals surface area (Å²) in [7, 11) is 0. The van der Waals surface area contributed by atoms with E-state index >= 15 is 0 Å². The molecule has 0 aliphatic heterocycles. The van der Waals surface area contributed by atoms with Crippen molar-refractivity contribution in [1.82, 2.24) is 10.6 Å². The fourth-order valence-electron chi connectivity index (χ4n) is 2.40. The third-order valence-corrected chi connectivity index (χ3v) is 4.16. The van der Waals surface area contributed by atoms with Gasteiger partial charge in [-0.2, -0.15) is 0 Å². The average molecular weight is 354 g/mol. The van der Waals surface area contributed by atoms with Gasteiger partial charge < -0.3 is 10.6 Å². The number of carbonyl (C=O) groups is 2. The molecule has 1 fully saturated rings. The fourth-order valence-corrected chi connectivity index (χ4v) is 3.03. The summed E-state index contributed by atoms with van der Waals surface area (Å²) in [4.78, 5) is 23.4. The Hall–Kier alpha value is -1.56. The first-order valence-electron chi connectivity index (χ1n) is 7.15. The molecule has 0 aromatic heterocycles. The summed E-state index contributed by atoms with van der Waals surface area (Å²) in [6.45, 7) is 2.05. The van der Waals surface area contributed by atoms with Gasteiger partial charge in [0.2, 0.25) is 5.91 Å². The van der Waals surface area contributed by atoms with E-state index in [0.717, 1.165) is 41.4 Å². The van der Waals surface area contributed by atoms with Crippen molar-refractivity contribution in [2.45, 2.75) is 38.6 Å². The van der Waals surface area contributed by atoms with Crippen molar-refractivity contribution in [2.24, 2.45) is 0 Å². The van der Waals surface area contributed by atoms with Crippen molar-refractivity contribution in [3.63, 3.8) is 0 Å². The number of hydrogen-bond acceptors (Lipinski definition) is 3. The molecule has 3 N–H and O–H groups in total. The van der Waals surface area contributed by atoms with E-state index in [0.29, 0.717) is 0 Å². The van der Waals surface area contributed by atoms with Crippen molar-refractivity contribution in [3.05, 3.63) is 28.2 Å². The van der Waals surface area contributed by atoms with E-state index in [1.807, 2.05) is 25.1 Å². The molecule has 1 aliphatic carbocycles. The maximum absolute atomic E-state index is 11.7. The van der Waals surface area contributed by atoms with Crippen LogP contribution in [0.4, 0.5) is 10.5 Å².